The monoisotopic (exact) mass is 294 g/mol. The van der Waals surface area contributed by atoms with Crippen LogP contribution in [0.5, 0.6) is 0 Å². The van der Waals surface area contributed by atoms with Crippen molar-refractivity contribution < 1.29 is 35.2 Å². The van der Waals surface area contributed by atoms with Gasteiger partial charge in [0.25, 0.3) is 0 Å². The molecular weight excluding hydrogens is 248 g/mol. The zero-order valence-corrected chi connectivity index (χ0v) is 6.88. The van der Waals surface area contributed by atoms with Gasteiger partial charge in [-0.3, -0.25) is 21.0 Å². The zero-order valence-electron chi connectivity index (χ0n) is 7.88. The normalized spacial score (nSPS) is 2.50. The second-order valence-electron chi connectivity index (χ2n) is 0.316. The van der Waals surface area contributed by atoms with Crippen molar-refractivity contribution in [3.8, 4) is 0 Å². The van der Waals surface area contributed by atoms with Crippen LogP contribution in [0.2, 0.25) is 0 Å². The lowest BCUT2D eigenvalue weighted by atomic mass is 10.9. The van der Waals surface area contributed by atoms with Gasteiger partial charge in [-0.05, 0) is 6.92 Å². The van der Waals surface area contributed by atoms with Crippen LogP contribution in [0.25, 0.3) is 0 Å². The van der Waals surface area contributed by atoms with E-state index in [1.165, 1.54) is 7.40 Å². The van der Waals surface area contributed by atoms with E-state index in [0.29, 0.717) is 0 Å². The molecule has 0 unspecified atom stereocenters. The molecule has 0 saturated carbocycles. The summed E-state index contributed by atoms with van der Waals surface area (Å²) in [6.45, 7) is 3.93. The number of carbonyl (C=O) groups excluding carboxylic acids is 1. The first-order valence-corrected chi connectivity index (χ1v) is 1.88. The minimum Gasteiger partial charge on any atom is -0.397 e. The average Bonchev–Trinajstić information content (AvgIpc) is 2.32. The summed E-state index contributed by atoms with van der Waals surface area (Å²) in [5.74, 6) is 0. The molecule has 0 radical (unpaired) electrons. The minimum atomic E-state index is 0. The molecule has 132 valence electrons. The molecule has 0 heterocycles. The Labute approximate surface area is 118 Å². The highest BCUT2D eigenvalue weighted by molar-refractivity contribution is 5.10. The Bertz CT molecular complexity index is 37.8. The summed E-state index contributed by atoms with van der Waals surface area (Å²) >= 11 is 0. The molecule has 18 heavy (non-hydrogen) atoms. The average molecular weight is 294 g/mol. The van der Waals surface area contributed by atoms with Crippen LogP contribution in [-0.4, -0.2) is 39.5 Å². The third kappa shape index (κ3) is 3450. The van der Waals surface area contributed by atoms with E-state index in [4.69, 9.17) is 42.2 Å². The first kappa shape index (κ1) is 120. The molecule has 0 spiro atoms. The quantitative estimate of drug-likeness (QED) is 0.313. The Morgan fingerprint density at radius 3 is 0.889 bits per heavy atom. The molecule has 0 aromatic rings. The van der Waals surface area contributed by atoms with E-state index < -0.39 is 0 Å². The van der Waals surface area contributed by atoms with Gasteiger partial charge in [-0.25, -0.2) is 0 Å². The highest BCUT2D eigenvalue weighted by atomic mass is 17.0. The first-order valence-electron chi connectivity index (χ1n) is 2.88. The van der Waals surface area contributed by atoms with Gasteiger partial charge >= 0.3 is 0 Å². The van der Waals surface area contributed by atoms with Crippen LogP contribution in [0, 0.1) is 9.93 Å². The molecule has 0 aliphatic carbocycles. The summed E-state index contributed by atoms with van der Waals surface area (Å²) < 4.78 is 5.75. The summed E-state index contributed by atoms with van der Waals surface area (Å²) in [5.41, 5.74) is 0. The number of hydrogen-bond donors (Lipinski definition) is 5. The van der Waals surface area contributed by atoms with Gasteiger partial charge in [0, 0.05) is 20.8 Å². The predicted octanol–water partition coefficient (Wildman–Crippen LogP) is 4.86. The summed E-state index contributed by atoms with van der Waals surface area (Å²) in [6, 6.07) is 0. The fraction of sp³-hybridized carbons (Fsp3) is 0.900. The van der Waals surface area contributed by atoms with Crippen molar-refractivity contribution in [3.05, 3.63) is 9.93 Å². The van der Waals surface area contributed by atoms with Crippen LogP contribution >= 0.6 is 0 Å². The lowest BCUT2D eigenvalue weighted by Gasteiger charge is -1.52. The number of aliphatic hydroxyl groups excluding tert-OH is 1. The summed E-state index contributed by atoms with van der Waals surface area (Å²) in [7, 11) is 1.25. The number of rotatable bonds is 0. The predicted molar refractivity (Wildman–Crippen MR) is 88.5 cm³/mol. The van der Waals surface area contributed by atoms with Gasteiger partial charge in [0.1, 0.15) is 6.79 Å². The third-order valence-electron chi connectivity index (χ3n) is 0. The molecule has 0 aliphatic rings. The van der Waals surface area contributed by atoms with Crippen LogP contribution in [0.15, 0.2) is 0 Å². The molecule has 0 aromatic carbocycles. The van der Waals surface area contributed by atoms with Gasteiger partial charge in [-0.1, -0.05) is 52.0 Å². The molecule has 0 aromatic heterocycles. The minimum absolute atomic E-state index is 0. The van der Waals surface area contributed by atoms with E-state index in [-0.39, 0.29) is 54.0 Å². The molecule has 0 saturated heterocycles. The summed E-state index contributed by atoms with van der Waals surface area (Å²) in [4.78, 5) is 22.0. The van der Waals surface area contributed by atoms with Crippen LogP contribution < -0.4 is 0 Å². The SMILES string of the molecule is C.C.C.C.C.C.C=O.CCO.O=O.OO.OO.[2HH].[2H]C.[HH]. The largest absolute Gasteiger partial charge is 0.397 e. The van der Waals surface area contributed by atoms with E-state index >= 15 is 0 Å². The van der Waals surface area contributed by atoms with E-state index in [1.54, 1.807) is 6.92 Å². The second kappa shape index (κ2) is 745000. The van der Waals surface area contributed by atoms with Crippen molar-refractivity contribution in [2.45, 2.75) is 58.9 Å². The van der Waals surface area contributed by atoms with Gasteiger partial charge in [-0.15, -0.1) is 0 Å². The fourth-order valence-electron chi connectivity index (χ4n) is 0. The molecule has 8 nitrogen and oxygen atoms in total. The van der Waals surface area contributed by atoms with E-state index in [2.05, 4.69) is 0 Å². The molecule has 0 amide bonds. The Morgan fingerprint density at radius 2 is 0.889 bits per heavy atom. The highest BCUT2D eigenvalue weighted by Gasteiger charge is 1.34. The number of hydrogen-bond acceptors (Lipinski definition) is 8. The first-order chi connectivity index (χ1) is 6.41. The molecule has 0 bridgehead atoms. The number of carbonyl (C=O) groups is 1. The van der Waals surface area contributed by atoms with Gasteiger partial charge in [0.2, 0.25) is 0 Å². The fourth-order valence-corrected chi connectivity index (χ4v) is 0. The number of aliphatic hydroxyl groups is 1. The Kier molecular flexibility index (Phi) is 4950000. The van der Waals surface area contributed by atoms with Crippen molar-refractivity contribution in [1.82, 2.24) is 0 Å². The zero-order chi connectivity index (χ0) is 12.7. The maximum atomic E-state index is 8.00. The maximum Gasteiger partial charge on any atom is 0.106 e. The summed E-state index contributed by atoms with van der Waals surface area (Å²) in [6.07, 6.45) is 0. The molecule has 0 aliphatic heterocycles. The van der Waals surface area contributed by atoms with Crippen molar-refractivity contribution in [1.29, 1.82) is 0 Å². The van der Waals surface area contributed by atoms with E-state index in [0.717, 1.165) is 0 Å². The van der Waals surface area contributed by atoms with Crippen LogP contribution in [-0.2, 0) is 4.79 Å². The van der Waals surface area contributed by atoms with Crippen molar-refractivity contribution >= 4 is 6.79 Å². The van der Waals surface area contributed by atoms with E-state index in [1.807, 2.05) is 6.79 Å². The molecule has 0 atom stereocenters. The maximum absolute atomic E-state index is 8.00. The summed E-state index contributed by atoms with van der Waals surface area (Å²) in [5, 5.41) is 31.6. The standard InChI is InChI=1S/C2H6O.CH2O.7CH4.2H2O2.O2.2H2/c1-2-3;1-2;;;;;;;;3*1-2;;/h3H,2H2,1H3;1H2;7*1H4;2*1-2H;;2*1H/i;;1D;;;;;;;;;;1+1;. The van der Waals surface area contributed by atoms with Crippen LogP contribution in [0.4, 0.5) is 0 Å². The van der Waals surface area contributed by atoms with Gasteiger partial charge in [0.15, 0.2) is 0 Å². The molecule has 5 N–H and O–H groups in total. The molecular formula is C10H44O8. The highest BCUT2D eigenvalue weighted by Crippen LogP contribution is 1.30. The van der Waals surface area contributed by atoms with E-state index in [9.17, 15) is 0 Å². The molecule has 0 rings (SSSR count). The lowest BCUT2D eigenvalue weighted by Crippen LogP contribution is -1.57. The van der Waals surface area contributed by atoms with Crippen molar-refractivity contribution in [2.75, 3.05) is 6.61 Å². The van der Waals surface area contributed by atoms with Gasteiger partial charge in [-0.2, -0.15) is 0 Å². The van der Waals surface area contributed by atoms with Crippen molar-refractivity contribution in [2.24, 2.45) is 0 Å². The van der Waals surface area contributed by atoms with Crippen LogP contribution in [0.3, 0.4) is 0 Å². The second-order valence-corrected chi connectivity index (χ2v) is 0.316. The smallest absolute Gasteiger partial charge is 0.106 e. The third-order valence-corrected chi connectivity index (χ3v) is 0. The Balaban J connectivity index is -0.00000000218. The Hall–Kier alpha value is -0.930. The topological polar surface area (TPSA) is 152 Å². The lowest BCUT2D eigenvalue weighted by molar-refractivity contribution is -0.176. The van der Waals surface area contributed by atoms with Gasteiger partial charge < -0.3 is 9.90 Å². The van der Waals surface area contributed by atoms with Gasteiger partial charge in [0.05, 0.1) is 0 Å². The van der Waals surface area contributed by atoms with Crippen molar-refractivity contribution in [3.63, 3.8) is 0 Å². The molecule has 0 fully saturated rings. The molecule has 8 heteroatoms. The van der Waals surface area contributed by atoms with Crippen LogP contribution in [0.1, 0.15) is 63.1 Å². The Morgan fingerprint density at radius 1 is 0.889 bits per heavy atom.